The number of aryl methyl sites for hydroxylation is 1. The van der Waals surface area contributed by atoms with Crippen LogP contribution in [0.2, 0.25) is 0 Å². The van der Waals surface area contributed by atoms with Gasteiger partial charge in [-0.1, -0.05) is 46.3 Å². The lowest BCUT2D eigenvalue weighted by Crippen LogP contribution is -2.33. The lowest BCUT2D eigenvalue weighted by atomic mass is 9.90. The van der Waals surface area contributed by atoms with Gasteiger partial charge >= 0.3 is 0 Å². The van der Waals surface area contributed by atoms with Gasteiger partial charge in [-0.05, 0) is 50.8 Å². The van der Waals surface area contributed by atoms with E-state index in [-0.39, 0.29) is 23.6 Å². The fourth-order valence-electron chi connectivity index (χ4n) is 4.22. The third-order valence-corrected chi connectivity index (χ3v) is 6.23. The predicted octanol–water partition coefficient (Wildman–Crippen LogP) is 5.14. The number of imidazole rings is 1. The molecule has 0 spiro atoms. The van der Waals surface area contributed by atoms with Crippen molar-refractivity contribution in [2.45, 2.75) is 51.8 Å². The molecule has 1 atom stereocenters. The third-order valence-electron chi connectivity index (χ3n) is 5.70. The highest BCUT2D eigenvalue weighted by Crippen LogP contribution is 2.41. The van der Waals surface area contributed by atoms with Crippen molar-refractivity contribution < 1.29 is 14.3 Å². The molecular formula is C26H28BrN3O3. The van der Waals surface area contributed by atoms with Crippen molar-refractivity contribution in [1.29, 1.82) is 0 Å². The highest BCUT2D eigenvalue weighted by Gasteiger charge is 2.45. The van der Waals surface area contributed by atoms with E-state index >= 15 is 0 Å². The number of hydrogen-bond donors (Lipinski definition) is 0. The number of allylic oxidation sites excluding steroid dienone is 4. The molecule has 0 fully saturated rings. The Morgan fingerprint density at radius 1 is 1.21 bits per heavy atom. The van der Waals surface area contributed by atoms with E-state index in [2.05, 4.69) is 20.9 Å². The number of carbonyl (C=O) groups is 2. The standard InChI is InChI=1S/C26H28BrN3O3/c1-18(2)33-25-22(24(31)20-7-4-3-5-8-20)23(19-9-11-21(27)12-10-19)30(26(25)32)15-6-14-29-16-13-28-17-29/h4,7-13,16-18,23H,3,5-6,14-15H2,1-2H3/t23-/m0/s1. The molecule has 0 radical (unpaired) electrons. The maximum atomic E-state index is 13.7. The van der Waals surface area contributed by atoms with E-state index in [1.54, 1.807) is 17.4 Å². The Bertz CT molecular complexity index is 1100. The van der Waals surface area contributed by atoms with E-state index in [1.807, 2.05) is 67.1 Å². The second-order valence-corrected chi connectivity index (χ2v) is 9.40. The molecule has 0 saturated heterocycles. The van der Waals surface area contributed by atoms with Crippen LogP contribution in [0.5, 0.6) is 0 Å². The Labute approximate surface area is 202 Å². The van der Waals surface area contributed by atoms with Crippen molar-refractivity contribution in [2.24, 2.45) is 0 Å². The number of rotatable bonds is 9. The molecule has 172 valence electrons. The van der Waals surface area contributed by atoms with Crippen molar-refractivity contribution in [1.82, 2.24) is 14.5 Å². The maximum absolute atomic E-state index is 13.7. The first-order valence-electron chi connectivity index (χ1n) is 11.3. The average Bonchev–Trinajstić information content (AvgIpc) is 3.42. The summed E-state index contributed by atoms with van der Waals surface area (Å²) in [6, 6.07) is 7.30. The lowest BCUT2D eigenvalue weighted by molar-refractivity contribution is -0.131. The SMILES string of the molecule is CC(C)OC1=C(C(=O)C2=CCCC=C2)[C@H](c2ccc(Br)cc2)N(CCCn2ccnc2)C1=O. The highest BCUT2D eigenvalue weighted by atomic mass is 79.9. The largest absolute Gasteiger partial charge is 0.485 e. The molecule has 4 rings (SSSR count). The van der Waals surface area contributed by atoms with Crippen LogP contribution in [0.15, 0.2) is 82.6 Å². The van der Waals surface area contributed by atoms with Crippen LogP contribution < -0.4 is 0 Å². The zero-order valence-electron chi connectivity index (χ0n) is 18.9. The van der Waals surface area contributed by atoms with E-state index in [0.29, 0.717) is 17.7 Å². The zero-order valence-corrected chi connectivity index (χ0v) is 20.5. The molecule has 0 bridgehead atoms. The Morgan fingerprint density at radius 3 is 2.64 bits per heavy atom. The summed E-state index contributed by atoms with van der Waals surface area (Å²) in [5.74, 6) is -0.198. The number of amides is 1. The first kappa shape index (κ1) is 23.2. The molecule has 0 N–H and O–H groups in total. The Balaban J connectivity index is 1.72. The lowest BCUT2D eigenvalue weighted by Gasteiger charge is -2.27. The van der Waals surface area contributed by atoms with Crippen LogP contribution in [0.3, 0.4) is 0 Å². The Morgan fingerprint density at radius 2 is 2.00 bits per heavy atom. The molecule has 2 aliphatic rings. The molecule has 33 heavy (non-hydrogen) atoms. The number of halogens is 1. The first-order valence-corrected chi connectivity index (χ1v) is 12.1. The van der Waals surface area contributed by atoms with Gasteiger partial charge in [0.15, 0.2) is 11.5 Å². The molecule has 0 unspecified atom stereocenters. The summed E-state index contributed by atoms with van der Waals surface area (Å²) in [4.78, 5) is 33.2. The van der Waals surface area contributed by atoms with Crippen LogP contribution >= 0.6 is 15.9 Å². The number of carbonyl (C=O) groups excluding carboxylic acids is 2. The minimum Gasteiger partial charge on any atom is -0.485 e. The highest BCUT2D eigenvalue weighted by molar-refractivity contribution is 9.10. The Hall–Kier alpha value is -2.93. The average molecular weight is 510 g/mol. The van der Waals surface area contributed by atoms with Gasteiger partial charge in [-0.15, -0.1) is 0 Å². The number of Topliss-reactive ketones (excluding diaryl/α,β-unsaturated/α-hetero) is 1. The van der Waals surface area contributed by atoms with Crippen molar-refractivity contribution >= 4 is 27.6 Å². The Kier molecular flexibility index (Phi) is 7.28. The minimum atomic E-state index is -0.495. The zero-order chi connectivity index (χ0) is 23.4. The number of benzene rings is 1. The fourth-order valence-corrected chi connectivity index (χ4v) is 4.49. The van der Waals surface area contributed by atoms with Crippen molar-refractivity contribution in [3.8, 4) is 0 Å². The molecule has 1 aliphatic heterocycles. The monoisotopic (exact) mass is 509 g/mol. The molecular weight excluding hydrogens is 482 g/mol. The minimum absolute atomic E-state index is 0.139. The quantitative estimate of drug-likeness (QED) is 0.469. The van der Waals surface area contributed by atoms with Gasteiger partial charge in [0.25, 0.3) is 5.91 Å². The van der Waals surface area contributed by atoms with Crippen molar-refractivity contribution in [2.75, 3.05) is 6.54 Å². The third kappa shape index (κ3) is 5.19. The van der Waals surface area contributed by atoms with E-state index in [0.717, 1.165) is 35.8 Å². The normalized spacial score (nSPS) is 18.3. The van der Waals surface area contributed by atoms with E-state index in [1.165, 1.54) is 0 Å². The maximum Gasteiger partial charge on any atom is 0.290 e. The summed E-state index contributed by atoms with van der Waals surface area (Å²) in [6.45, 7) is 4.97. The molecule has 7 heteroatoms. The van der Waals surface area contributed by atoms with Crippen LogP contribution in [0.1, 0.15) is 44.7 Å². The second-order valence-electron chi connectivity index (χ2n) is 8.48. The number of aromatic nitrogens is 2. The van der Waals surface area contributed by atoms with Gasteiger partial charge in [0.05, 0.1) is 24.0 Å². The van der Waals surface area contributed by atoms with Crippen LogP contribution in [0.25, 0.3) is 0 Å². The van der Waals surface area contributed by atoms with Gasteiger partial charge in [-0.25, -0.2) is 4.98 Å². The topological polar surface area (TPSA) is 64.4 Å². The van der Waals surface area contributed by atoms with Gasteiger partial charge in [-0.2, -0.15) is 0 Å². The predicted molar refractivity (Wildman–Crippen MR) is 130 cm³/mol. The number of nitrogens with zero attached hydrogens (tertiary/aromatic N) is 3. The first-order chi connectivity index (χ1) is 16.0. The van der Waals surface area contributed by atoms with Gasteiger partial charge < -0.3 is 14.2 Å². The van der Waals surface area contributed by atoms with Crippen LogP contribution in [-0.4, -0.2) is 38.8 Å². The summed E-state index contributed by atoms with van der Waals surface area (Å²) >= 11 is 3.49. The summed E-state index contributed by atoms with van der Waals surface area (Å²) < 4.78 is 8.92. The number of hydrogen-bond acceptors (Lipinski definition) is 4. The molecule has 0 saturated carbocycles. The summed E-state index contributed by atoms with van der Waals surface area (Å²) in [6.07, 6.45) is 13.5. The van der Waals surface area contributed by atoms with Crippen LogP contribution in [0, 0.1) is 0 Å². The van der Waals surface area contributed by atoms with E-state index in [9.17, 15) is 9.59 Å². The molecule has 2 heterocycles. The summed E-state index contributed by atoms with van der Waals surface area (Å²) in [5.41, 5.74) is 1.94. The van der Waals surface area contributed by atoms with Gasteiger partial charge in [-0.3, -0.25) is 9.59 Å². The van der Waals surface area contributed by atoms with Crippen LogP contribution in [-0.2, 0) is 20.9 Å². The summed E-state index contributed by atoms with van der Waals surface area (Å²) in [5, 5.41) is 0. The van der Waals surface area contributed by atoms with Gasteiger partial charge in [0.1, 0.15) is 0 Å². The number of ketones is 1. The smallest absolute Gasteiger partial charge is 0.290 e. The molecule has 6 nitrogen and oxygen atoms in total. The molecule has 1 aliphatic carbocycles. The van der Waals surface area contributed by atoms with Crippen molar-refractivity contribution in [3.05, 3.63) is 88.2 Å². The fraction of sp³-hybridized carbons (Fsp3) is 0.346. The summed E-state index contributed by atoms with van der Waals surface area (Å²) in [7, 11) is 0. The molecule has 1 aromatic heterocycles. The number of ether oxygens (including phenoxy) is 1. The van der Waals surface area contributed by atoms with E-state index < -0.39 is 6.04 Å². The van der Waals surface area contributed by atoms with E-state index in [4.69, 9.17) is 4.74 Å². The molecule has 2 aromatic rings. The van der Waals surface area contributed by atoms with Gasteiger partial charge in [0, 0.05) is 35.5 Å². The van der Waals surface area contributed by atoms with Gasteiger partial charge in [0.2, 0.25) is 0 Å². The van der Waals surface area contributed by atoms with Crippen LogP contribution in [0.4, 0.5) is 0 Å². The second kappa shape index (κ2) is 10.3. The van der Waals surface area contributed by atoms with Crippen molar-refractivity contribution in [3.63, 3.8) is 0 Å². The molecule has 1 aromatic carbocycles. The molecule has 1 amide bonds.